The number of aliphatic hydroxyl groups excluding tert-OH is 5. The monoisotopic (exact) mass is 356 g/mol. The van der Waals surface area contributed by atoms with E-state index in [0.717, 1.165) is 22.9 Å². The second-order valence-electron chi connectivity index (χ2n) is 5.39. The lowest BCUT2D eigenvalue weighted by atomic mass is 10.1. The highest BCUT2D eigenvalue weighted by Crippen LogP contribution is 2.22. The lowest BCUT2D eigenvalue weighted by Crippen LogP contribution is -2.44. The molecule has 0 saturated carbocycles. The third-order valence-electron chi connectivity index (χ3n) is 3.56. The summed E-state index contributed by atoms with van der Waals surface area (Å²) in [5.41, 5.74) is 7.68. The molecular formula is C16H24N2O7. The number of benzene rings is 1. The average Bonchev–Trinajstić information content (AvgIpc) is 3.02. The number of ketones is 1. The van der Waals surface area contributed by atoms with Crippen LogP contribution in [0.25, 0.3) is 10.9 Å². The molecule has 9 N–H and O–H groups in total. The number of aromatic hydroxyl groups is 1. The Labute approximate surface area is 144 Å². The minimum Gasteiger partial charge on any atom is -0.508 e. The van der Waals surface area contributed by atoms with Gasteiger partial charge in [0.2, 0.25) is 0 Å². The van der Waals surface area contributed by atoms with Crippen LogP contribution in [0.5, 0.6) is 5.75 Å². The van der Waals surface area contributed by atoms with Crippen LogP contribution in [0.4, 0.5) is 0 Å². The van der Waals surface area contributed by atoms with E-state index in [0.29, 0.717) is 12.3 Å². The van der Waals surface area contributed by atoms with Crippen molar-refractivity contribution in [2.24, 2.45) is 5.73 Å². The summed E-state index contributed by atoms with van der Waals surface area (Å²) in [5, 5.41) is 53.4. The molecule has 140 valence electrons. The summed E-state index contributed by atoms with van der Waals surface area (Å²) in [5.74, 6) is -0.708. The van der Waals surface area contributed by atoms with Crippen molar-refractivity contribution >= 4 is 16.7 Å². The molecule has 0 aliphatic carbocycles. The third kappa shape index (κ3) is 5.78. The number of aliphatic hydroxyl groups is 5. The van der Waals surface area contributed by atoms with Gasteiger partial charge in [0.15, 0.2) is 5.78 Å². The smallest absolute Gasteiger partial charge is 0.189 e. The van der Waals surface area contributed by atoms with Crippen LogP contribution in [-0.4, -0.2) is 79.5 Å². The van der Waals surface area contributed by atoms with Gasteiger partial charge in [0.25, 0.3) is 0 Å². The number of phenols is 1. The molecule has 0 spiro atoms. The van der Waals surface area contributed by atoms with E-state index in [2.05, 4.69) is 4.98 Å². The normalized spacial score (nSPS) is 14.5. The van der Waals surface area contributed by atoms with Crippen molar-refractivity contribution in [2.45, 2.75) is 24.7 Å². The topological polar surface area (TPSA) is 180 Å². The van der Waals surface area contributed by atoms with E-state index in [-0.39, 0.29) is 0 Å². The molecule has 0 saturated heterocycles. The average molecular weight is 356 g/mol. The van der Waals surface area contributed by atoms with Crippen molar-refractivity contribution in [3.63, 3.8) is 0 Å². The Hall–Kier alpha value is -2.01. The summed E-state index contributed by atoms with van der Waals surface area (Å²) in [7, 11) is 0. The van der Waals surface area contributed by atoms with Crippen molar-refractivity contribution < 1.29 is 35.4 Å². The maximum absolute atomic E-state index is 10.5. The minimum absolute atomic E-state index is 0.297. The zero-order chi connectivity index (χ0) is 19.0. The van der Waals surface area contributed by atoms with Crippen molar-refractivity contribution in [2.75, 3.05) is 19.8 Å². The molecule has 2 aromatic rings. The number of hydrogen-bond acceptors (Lipinski definition) is 8. The lowest BCUT2D eigenvalue weighted by molar-refractivity contribution is -0.142. The summed E-state index contributed by atoms with van der Waals surface area (Å²) in [6.45, 7) is -1.06. The van der Waals surface area contributed by atoms with Gasteiger partial charge in [-0.05, 0) is 36.7 Å². The largest absolute Gasteiger partial charge is 0.508 e. The van der Waals surface area contributed by atoms with Crippen LogP contribution in [0.15, 0.2) is 24.4 Å². The zero-order valence-electron chi connectivity index (χ0n) is 13.5. The fourth-order valence-electron chi connectivity index (χ4n) is 2.13. The molecular weight excluding hydrogens is 332 g/mol. The first-order chi connectivity index (χ1) is 11.8. The Kier molecular flexibility index (Phi) is 8.49. The van der Waals surface area contributed by atoms with Gasteiger partial charge in [-0.2, -0.15) is 0 Å². The quantitative estimate of drug-likeness (QED) is 0.280. The SMILES string of the molecule is NCCc1c[nH]c2ccc(O)cc12.O=C(CO)C(O)C(O)C(O)CO. The Morgan fingerprint density at radius 1 is 1.20 bits per heavy atom. The number of fused-ring (bicyclic) bond motifs is 1. The molecule has 9 nitrogen and oxygen atoms in total. The highest BCUT2D eigenvalue weighted by molar-refractivity contribution is 5.85. The fraction of sp³-hybridized carbons (Fsp3) is 0.438. The number of aromatic nitrogens is 1. The molecule has 1 aromatic heterocycles. The van der Waals surface area contributed by atoms with Crippen LogP contribution in [0.2, 0.25) is 0 Å². The van der Waals surface area contributed by atoms with Crippen molar-refractivity contribution in [1.29, 1.82) is 0 Å². The minimum atomic E-state index is -1.86. The molecule has 3 unspecified atom stereocenters. The molecule has 1 heterocycles. The molecule has 2 rings (SSSR count). The van der Waals surface area contributed by atoms with Crippen LogP contribution in [0.1, 0.15) is 5.56 Å². The van der Waals surface area contributed by atoms with E-state index in [9.17, 15) is 9.90 Å². The van der Waals surface area contributed by atoms with E-state index >= 15 is 0 Å². The summed E-state index contributed by atoms with van der Waals surface area (Å²) >= 11 is 0. The van der Waals surface area contributed by atoms with E-state index in [1.54, 1.807) is 12.1 Å². The number of carbonyl (C=O) groups is 1. The Morgan fingerprint density at radius 2 is 1.88 bits per heavy atom. The van der Waals surface area contributed by atoms with Gasteiger partial charge in [0, 0.05) is 17.1 Å². The predicted molar refractivity (Wildman–Crippen MR) is 89.9 cm³/mol. The summed E-state index contributed by atoms with van der Waals surface area (Å²) in [6, 6.07) is 5.30. The molecule has 1 aromatic carbocycles. The molecule has 3 atom stereocenters. The van der Waals surface area contributed by atoms with Crippen LogP contribution in [0.3, 0.4) is 0 Å². The number of nitrogens with one attached hydrogen (secondary N) is 1. The Morgan fingerprint density at radius 3 is 2.44 bits per heavy atom. The third-order valence-corrected chi connectivity index (χ3v) is 3.56. The van der Waals surface area contributed by atoms with Gasteiger partial charge in [-0.15, -0.1) is 0 Å². The van der Waals surface area contributed by atoms with Crippen LogP contribution < -0.4 is 5.73 Å². The zero-order valence-corrected chi connectivity index (χ0v) is 13.5. The van der Waals surface area contributed by atoms with Crippen LogP contribution in [0, 0.1) is 0 Å². The van der Waals surface area contributed by atoms with E-state index in [4.69, 9.17) is 31.3 Å². The van der Waals surface area contributed by atoms with Gasteiger partial charge < -0.3 is 41.4 Å². The molecule has 0 fully saturated rings. The summed E-state index contributed by atoms with van der Waals surface area (Å²) in [6.07, 6.45) is -2.44. The number of carbonyl (C=O) groups excluding carboxylic acids is 1. The highest BCUT2D eigenvalue weighted by Gasteiger charge is 2.28. The lowest BCUT2D eigenvalue weighted by Gasteiger charge is -2.19. The van der Waals surface area contributed by atoms with E-state index in [1.165, 1.54) is 0 Å². The van der Waals surface area contributed by atoms with Gasteiger partial charge in [-0.25, -0.2) is 0 Å². The van der Waals surface area contributed by atoms with Crippen molar-refractivity contribution in [3.05, 3.63) is 30.0 Å². The van der Waals surface area contributed by atoms with Crippen LogP contribution >= 0.6 is 0 Å². The second kappa shape index (κ2) is 10.1. The maximum Gasteiger partial charge on any atom is 0.189 e. The predicted octanol–water partition coefficient (Wildman–Crippen LogP) is -2.00. The molecule has 9 heteroatoms. The number of phenolic OH excluding ortho intramolecular Hbond substituents is 1. The maximum atomic E-state index is 10.5. The number of Topliss-reactive ketones (excluding diaryl/α,β-unsaturated/α-hetero) is 1. The molecule has 0 amide bonds. The Balaban J connectivity index is 0.000000252. The van der Waals surface area contributed by atoms with E-state index < -0.39 is 37.3 Å². The highest BCUT2D eigenvalue weighted by atomic mass is 16.4. The van der Waals surface area contributed by atoms with Gasteiger partial charge in [-0.1, -0.05) is 0 Å². The number of aromatic amines is 1. The molecule has 25 heavy (non-hydrogen) atoms. The second-order valence-corrected chi connectivity index (χ2v) is 5.39. The van der Waals surface area contributed by atoms with Crippen LogP contribution in [-0.2, 0) is 11.2 Å². The van der Waals surface area contributed by atoms with E-state index in [1.807, 2.05) is 12.3 Å². The van der Waals surface area contributed by atoms with Gasteiger partial charge >= 0.3 is 0 Å². The number of nitrogens with two attached hydrogens (primary N) is 1. The first-order valence-corrected chi connectivity index (χ1v) is 7.63. The summed E-state index contributed by atoms with van der Waals surface area (Å²) in [4.78, 5) is 13.7. The van der Waals surface area contributed by atoms with Gasteiger partial charge in [-0.3, -0.25) is 4.79 Å². The number of rotatable bonds is 7. The summed E-state index contributed by atoms with van der Waals surface area (Å²) < 4.78 is 0. The van der Waals surface area contributed by atoms with Gasteiger partial charge in [0.1, 0.15) is 30.7 Å². The van der Waals surface area contributed by atoms with Crippen molar-refractivity contribution in [3.8, 4) is 5.75 Å². The van der Waals surface area contributed by atoms with Gasteiger partial charge in [0.05, 0.1) is 6.61 Å². The first-order valence-electron chi connectivity index (χ1n) is 7.63. The number of H-pyrrole nitrogens is 1. The molecule has 0 aliphatic heterocycles. The first kappa shape index (κ1) is 21.0. The standard InChI is InChI=1S/C10H12N2O.C6H12O6/c11-4-3-7-6-12-10-2-1-8(13)5-9(7)10;7-1-3(9)5(11)6(12)4(10)2-8/h1-2,5-6,12-13H,3-4,11H2;3,5-9,11-12H,1-2H2. The molecule has 0 radical (unpaired) electrons. The number of hydrogen-bond donors (Lipinski definition) is 8. The molecule has 0 bridgehead atoms. The van der Waals surface area contributed by atoms with Crippen molar-refractivity contribution in [1.82, 2.24) is 4.98 Å². The molecule has 0 aliphatic rings. The Bertz CT molecular complexity index is 674. The fourth-order valence-corrected chi connectivity index (χ4v) is 2.13.